The van der Waals surface area contributed by atoms with Gasteiger partial charge in [-0.15, -0.1) is 0 Å². The molecule has 5 N–H and O–H groups in total. The quantitative estimate of drug-likeness (QED) is 0.307. The fraction of sp³-hybridized carbons (Fsp3) is 0.840. The van der Waals surface area contributed by atoms with Crippen LogP contribution in [0.25, 0.3) is 0 Å². The summed E-state index contributed by atoms with van der Waals surface area (Å²) in [6, 6.07) is 0. The summed E-state index contributed by atoms with van der Waals surface area (Å²) in [7, 11) is 0. The normalized spacial score (nSPS) is 44.9. The number of allylic oxidation sites excluding steroid dienone is 1. The molecule has 0 aromatic heterocycles. The van der Waals surface area contributed by atoms with E-state index in [9.17, 15) is 25.5 Å². The van der Waals surface area contributed by atoms with Crippen LogP contribution in [-0.4, -0.2) is 75.6 Å². The number of ether oxygens (including phenoxy) is 2. The van der Waals surface area contributed by atoms with E-state index in [1.807, 2.05) is 13.0 Å². The van der Waals surface area contributed by atoms with E-state index in [0.29, 0.717) is 6.42 Å². The van der Waals surface area contributed by atoms with Gasteiger partial charge in [0.25, 0.3) is 0 Å². The molecule has 0 spiro atoms. The maximum absolute atomic E-state index is 10.8. The van der Waals surface area contributed by atoms with Crippen LogP contribution in [0.2, 0.25) is 0 Å². The van der Waals surface area contributed by atoms with Gasteiger partial charge >= 0.3 is 0 Å². The van der Waals surface area contributed by atoms with E-state index in [1.54, 1.807) is 0 Å². The van der Waals surface area contributed by atoms with Crippen molar-refractivity contribution in [3.8, 4) is 0 Å². The van der Waals surface area contributed by atoms with Gasteiger partial charge in [-0.1, -0.05) is 39.0 Å². The molecule has 0 unspecified atom stereocenters. The second-order valence-electron chi connectivity index (χ2n) is 10.9. The van der Waals surface area contributed by atoms with Crippen LogP contribution in [0.4, 0.5) is 0 Å². The molecule has 1 heterocycles. The zero-order valence-corrected chi connectivity index (χ0v) is 19.9. The molecule has 0 aromatic carbocycles. The fourth-order valence-corrected chi connectivity index (χ4v) is 6.43. The first-order valence-electron chi connectivity index (χ1n) is 11.9. The number of hydrogen-bond acceptors (Lipinski definition) is 7. The molecule has 1 saturated heterocycles. The van der Waals surface area contributed by atoms with E-state index in [4.69, 9.17) is 9.47 Å². The average molecular weight is 455 g/mol. The number of aliphatic hydroxyl groups excluding tert-OH is 5. The summed E-state index contributed by atoms with van der Waals surface area (Å²) in [6.07, 6.45) is 0.125. The van der Waals surface area contributed by atoms with Crippen molar-refractivity contribution in [2.45, 2.75) is 96.6 Å². The lowest BCUT2D eigenvalue weighted by Gasteiger charge is -2.61. The highest BCUT2D eigenvalue weighted by atomic mass is 16.7. The molecule has 0 radical (unpaired) electrons. The molecule has 0 amide bonds. The van der Waals surface area contributed by atoms with Crippen molar-refractivity contribution in [3.05, 3.63) is 23.8 Å². The van der Waals surface area contributed by atoms with E-state index in [0.717, 1.165) is 36.8 Å². The molecule has 32 heavy (non-hydrogen) atoms. The monoisotopic (exact) mass is 454 g/mol. The van der Waals surface area contributed by atoms with Crippen molar-refractivity contribution in [1.29, 1.82) is 0 Å². The van der Waals surface area contributed by atoms with Crippen LogP contribution in [0, 0.1) is 22.7 Å². The van der Waals surface area contributed by atoms with E-state index < -0.39 is 36.8 Å². The Morgan fingerprint density at radius 2 is 1.88 bits per heavy atom. The van der Waals surface area contributed by atoms with Crippen LogP contribution >= 0.6 is 0 Å². The summed E-state index contributed by atoms with van der Waals surface area (Å²) >= 11 is 0. The summed E-state index contributed by atoms with van der Waals surface area (Å²) in [6.45, 7) is 12.9. The van der Waals surface area contributed by atoms with Gasteiger partial charge in [0.1, 0.15) is 18.3 Å². The van der Waals surface area contributed by atoms with Crippen molar-refractivity contribution in [2.75, 3.05) is 13.2 Å². The van der Waals surface area contributed by atoms with Crippen molar-refractivity contribution < 1.29 is 35.0 Å². The largest absolute Gasteiger partial charge is 0.393 e. The van der Waals surface area contributed by atoms with Crippen LogP contribution in [0.15, 0.2) is 23.8 Å². The van der Waals surface area contributed by atoms with Gasteiger partial charge in [0.2, 0.25) is 0 Å². The molecule has 2 saturated carbocycles. The highest BCUT2D eigenvalue weighted by molar-refractivity contribution is 5.22. The SMILES string of the molecule is C=C1[C@@H](CC/C(C)=C\CO)[C@@]2(C)CC[C@H](O)C(C)(C)[C@@H]2C[C@H]1O[C@H]1OC[C@@H](O)[C@@H](O)[C@H]1O. The van der Waals surface area contributed by atoms with E-state index in [1.165, 1.54) is 0 Å². The predicted molar refractivity (Wildman–Crippen MR) is 121 cm³/mol. The maximum Gasteiger partial charge on any atom is 0.186 e. The molecule has 3 aliphatic rings. The molecule has 9 atom stereocenters. The third-order valence-electron chi connectivity index (χ3n) is 8.64. The van der Waals surface area contributed by atoms with Crippen LogP contribution in [0.5, 0.6) is 0 Å². The summed E-state index contributed by atoms with van der Waals surface area (Å²) in [5.41, 5.74) is 1.71. The van der Waals surface area contributed by atoms with Gasteiger partial charge in [-0.05, 0) is 67.3 Å². The Bertz CT molecular complexity index is 704. The second-order valence-corrected chi connectivity index (χ2v) is 10.9. The molecule has 7 nitrogen and oxygen atoms in total. The Kier molecular flexibility index (Phi) is 7.92. The van der Waals surface area contributed by atoms with E-state index in [-0.39, 0.29) is 35.9 Å². The molecule has 0 aromatic rings. The Morgan fingerprint density at radius 1 is 1.19 bits per heavy atom. The summed E-state index contributed by atoms with van der Waals surface area (Å²) in [5.74, 6) is 0.300. The van der Waals surface area contributed by atoms with Gasteiger partial charge in [-0.2, -0.15) is 0 Å². The van der Waals surface area contributed by atoms with Gasteiger partial charge in [0, 0.05) is 0 Å². The molecule has 2 aliphatic carbocycles. The van der Waals surface area contributed by atoms with Gasteiger partial charge in [-0.25, -0.2) is 0 Å². The molecule has 184 valence electrons. The van der Waals surface area contributed by atoms with Gasteiger partial charge in [-0.3, -0.25) is 0 Å². The first-order chi connectivity index (χ1) is 14.9. The molecular weight excluding hydrogens is 412 g/mol. The minimum atomic E-state index is -1.35. The second kappa shape index (κ2) is 9.82. The van der Waals surface area contributed by atoms with Gasteiger partial charge in [0.05, 0.1) is 25.4 Å². The van der Waals surface area contributed by atoms with E-state index in [2.05, 4.69) is 27.4 Å². The minimum absolute atomic E-state index is 0.0212. The van der Waals surface area contributed by atoms with Crippen LogP contribution < -0.4 is 0 Å². The topological polar surface area (TPSA) is 120 Å². The predicted octanol–water partition coefficient (Wildman–Crippen LogP) is 1.91. The molecule has 7 heteroatoms. The number of fused-ring (bicyclic) bond motifs is 1. The molecule has 0 bridgehead atoms. The molecule has 3 fully saturated rings. The Hall–Kier alpha value is -0.800. The summed E-state index contributed by atoms with van der Waals surface area (Å²) in [5, 5.41) is 50.3. The molecular formula is C25H42O7. The lowest BCUT2D eigenvalue weighted by Crippen LogP contribution is -2.59. The first-order valence-corrected chi connectivity index (χ1v) is 11.9. The standard InChI is InChI=1S/C25H42O7/c1-14(9-11-26)6-7-16-15(2)18(32-23-22(30)21(29)17(27)13-31-23)12-19-24(3,4)20(28)8-10-25(16,19)5/h9,16-23,26-30H,2,6-8,10-13H2,1,3-5H3/b14-9-/t16-,17-,18-,19+,20+,21-,22-,23-,25-/m1/s1. The highest BCUT2D eigenvalue weighted by Gasteiger charge is 2.58. The lowest BCUT2D eigenvalue weighted by molar-refractivity contribution is -0.286. The van der Waals surface area contributed by atoms with Crippen molar-refractivity contribution in [1.82, 2.24) is 0 Å². The Morgan fingerprint density at radius 3 is 2.53 bits per heavy atom. The summed E-state index contributed by atoms with van der Waals surface area (Å²) < 4.78 is 11.7. The van der Waals surface area contributed by atoms with E-state index >= 15 is 0 Å². The van der Waals surface area contributed by atoms with Gasteiger partial charge < -0.3 is 35.0 Å². The summed E-state index contributed by atoms with van der Waals surface area (Å²) in [4.78, 5) is 0. The van der Waals surface area contributed by atoms with Crippen LogP contribution in [0.1, 0.15) is 59.8 Å². The van der Waals surface area contributed by atoms with Crippen molar-refractivity contribution in [3.63, 3.8) is 0 Å². The third-order valence-corrected chi connectivity index (χ3v) is 8.64. The number of hydrogen-bond donors (Lipinski definition) is 5. The van der Waals surface area contributed by atoms with Crippen molar-refractivity contribution >= 4 is 0 Å². The lowest BCUT2D eigenvalue weighted by atomic mass is 9.46. The third kappa shape index (κ3) is 4.71. The fourth-order valence-electron chi connectivity index (χ4n) is 6.43. The zero-order chi connectivity index (χ0) is 23.8. The molecule has 1 aliphatic heterocycles. The van der Waals surface area contributed by atoms with Crippen LogP contribution in [-0.2, 0) is 9.47 Å². The number of aliphatic hydroxyl groups is 5. The number of rotatable bonds is 6. The Balaban J connectivity index is 1.87. The van der Waals surface area contributed by atoms with Gasteiger partial charge in [0.15, 0.2) is 6.29 Å². The maximum atomic E-state index is 10.8. The Labute approximate surface area is 191 Å². The van der Waals surface area contributed by atoms with Crippen molar-refractivity contribution in [2.24, 2.45) is 22.7 Å². The molecule has 3 rings (SSSR count). The van der Waals surface area contributed by atoms with Crippen LogP contribution in [0.3, 0.4) is 0 Å². The smallest absolute Gasteiger partial charge is 0.186 e. The highest BCUT2D eigenvalue weighted by Crippen LogP contribution is 2.62. The zero-order valence-electron chi connectivity index (χ0n) is 19.9. The minimum Gasteiger partial charge on any atom is -0.393 e. The average Bonchev–Trinajstić information content (AvgIpc) is 2.73. The first kappa shape index (κ1) is 25.8.